The van der Waals surface area contributed by atoms with Gasteiger partial charge < -0.3 is 5.73 Å². The van der Waals surface area contributed by atoms with Gasteiger partial charge in [-0.25, -0.2) is 18.1 Å². The van der Waals surface area contributed by atoms with Crippen molar-refractivity contribution in [3.63, 3.8) is 0 Å². The lowest BCUT2D eigenvalue weighted by molar-refractivity contribution is 0.602. The number of anilines is 1. The van der Waals surface area contributed by atoms with Gasteiger partial charge in [-0.05, 0) is 19.1 Å². The normalized spacial score (nSPS) is 12.2. The summed E-state index contributed by atoms with van der Waals surface area (Å²) in [4.78, 5) is 4.11. The third-order valence-corrected chi connectivity index (χ3v) is 3.92. The molecule has 0 spiro atoms. The molecule has 1 aromatic carbocycles. The lowest BCUT2D eigenvalue weighted by Crippen LogP contribution is -2.03. The van der Waals surface area contributed by atoms with Crippen LogP contribution in [0.2, 0.25) is 5.02 Å². The first-order valence-electron chi connectivity index (χ1n) is 5.63. The number of aromatic nitrogens is 2. The largest absolute Gasteiger partial charge is 0.368 e. The fourth-order valence-corrected chi connectivity index (χ4v) is 2.78. The molecule has 106 valence electrons. The van der Waals surface area contributed by atoms with Gasteiger partial charge >= 0.3 is 0 Å². The van der Waals surface area contributed by atoms with Gasteiger partial charge in [-0.3, -0.25) is 0 Å². The zero-order valence-corrected chi connectivity index (χ0v) is 12.5. The lowest BCUT2D eigenvalue weighted by atomic mass is 10.2. The number of halogens is 1. The van der Waals surface area contributed by atoms with Crippen LogP contribution in [0.1, 0.15) is 11.3 Å². The van der Waals surface area contributed by atoms with Crippen LogP contribution in [0.15, 0.2) is 34.4 Å². The maximum atomic E-state index is 11.7. The molecule has 0 amide bonds. The molecule has 2 N–H and O–H groups in total. The summed E-state index contributed by atoms with van der Waals surface area (Å²) in [6.07, 6.45) is 4.16. The second kappa shape index (κ2) is 5.26. The number of rotatable bonds is 3. The molecule has 20 heavy (non-hydrogen) atoms. The minimum Gasteiger partial charge on any atom is -0.368 e. The fourth-order valence-electron chi connectivity index (χ4n) is 1.66. The van der Waals surface area contributed by atoms with Crippen molar-refractivity contribution in [2.45, 2.75) is 11.8 Å². The molecule has 0 aliphatic heterocycles. The van der Waals surface area contributed by atoms with Crippen LogP contribution in [-0.4, -0.2) is 30.5 Å². The summed E-state index contributed by atoms with van der Waals surface area (Å²) in [5, 5.41) is 4.45. The first kappa shape index (κ1) is 14.5. The Labute approximate surface area is 121 Å². The van der Waals surface area contributed by atoms with E-state index in [0.717, 1.165) is 11.9 Å². The van der Waals surface area contributed by atoms with Crippen molar-refractivity contribution in [2.75, 3.05) is 12.0 Å². The van der Waals surface area contributed by atoms with Crippen LogP contribution in [-0.2, 0) is 9.84 Å². The molecule has 0 saturated carbocycles. The topological polar surface area (TPSA) is 90.3 Å². The molecule has 0 unspecified atom stereocenters. The maximum absolute atomic E-state index is 11.7. The molecule has 0 radical (unpaired) electrons. The smallest absolute Gasteiger partial charge is 0.221 e. The highest BCUT2D eigenvalue weighted by Crippen LogP contribution is 2.19. The van der Waals surface area contributed by atoms with Crippen molar-refractivity contribution in [2.24, 2.45) is 5.10 Å². The molecule has 0 bridgehead atoms. The number of nitrogens with two attached hydrogens (primary N) is 1. The average molecular weight is 313 g/mol. The van der Waals surface area contributed by atoms with Gasteiger partial charge in [0.15, 0.2) is 9.84 Å². The van der Waals surface area contributed by atoms with Gasteiger partial charge in [-0.15, -0.1) is 0 Å². The van der Waals surface area contributed by atoms with Crippen molar-refractivity contribution in [1.29, 1.82) is 0 Å². The third kappa shape index (κ3) is 3.17. The van der Waals surface area contributed by atoms with Gasteiger partial charge in [0, 0.05) is 16.8 Å². The summed E-state index contributed by atoms with van der Waals surface area (Å²) in [5.41, 5.74) is 6.81. The highest BCUT2D eigenvalue weighted by molar-refractivity contribution is 7.90. The number of benzene rings is 1. The van der Waals surface area contributed by atoms with Crippen molar-refractivity contribution < 1.29 is 8.42 Å². The zero-order valence-electron chi connectivity index (χ0n) is 10.9. The Bertz CT molecular complexity index is 781. The Morgan fingerprint density at radius 2 is 2.15 bits per heavy atom. The van der Waals surface area contributed by atoms with E-state index in [9.17, 15) is 8.42 Å². The summed E-state index contributed by atoms with van der Waals surface area (Å²) in [5.74, 6) is 0.230. The molecular weight excluding hydrogens is 300 g/mol. The SMILES string of the molecule is Cc1cn(N=Cc2ccc(Cl)cc2S(C)(=O)=O)c(N)n1. The van der Waals surface area contributed by atoms with Gasteiger partial charge in [0.25, 0.3) is 0 Å². The second-order valence-corrected chi connectivity index (χ2v) is 6.70. The Morgan fingerprint density at radius 3 is 2.70 bits per heavy atom. The van der Waals surface area contributed by atoms with E-state index in [1.165, 1.54) is 17.0 Å². The number of sulfone groups is 1. The molecule has 2 aromatic rings. The highest BCUT2D eigenvalue weighted by Gasteiger charge is 2.12. The zero-order chi connectivity index (χ0) is 14.9. The number of aryl methyl sites for hydroxylation is 1. The van der Waals surface area contributed by atoms with Crippen molar-refractivity contribution in [3.8, 4) is 0 Å². The molecule has 8 heteroatoms. The predicted octanol–water partition coefficient (Wildman–Crippen LogP) is 1.71. The Morgan fingerprint density at radius 1 is 1.45 bits per heavy atom. The van der Waals surface area contributed by atoms with Crippen LogP contribution in [0.4, 0.5) is 5.95 Å². The average Bonchev–Trinajstić information content (AvgIpc) is 2.65. The molecule has 0 aliphatic rings. The van der Waals surface area contributed by atoms with E-state index >= 15 is 0 Å². The van der Waals surface area contributed by atoms with Gasteiger partial charge in [0.05, 0.1) is 23.0 Å². The third-order valence-electron chi connectivity index (χ3n) is 2.53. The Balaban J connectivity index is 2.47. The molecule has 6 nitrogen and oxygen atoms in total. The summed E-state index contributed by atoms with van der Waals surface area (Å²) < 4.78 is 24.8. The van der Waals surface area contributed by atoms with Crippen LogP contribution in [0.3, 0.4) is 0 Å². The van der Waals surface area contributed by atoms with Crippen molar-refractivity contribution in [3.05, 3.63) is 40.7 Å². The van der Waals surface area contributed by atoms with Crippen LogP contribution >= 0.6 is 11.6 Å². The number of nitrogen functional groups attached to an aromatic ring is 1. The van der Waals surface area contributed by atoms with E-state index in [1.54, 1.807) is 25.3 Å². The monoisotopic (exact) mass is 312 g/mol. The minimum atomic E-state index is -3.40. The van der Waals surface area contributed by atoms with E-state index in [0.29, 0.717) is 10.6 Å². The molecule has 1 heterocycles. The molecule has 0 aliphatic carbocycles. The fraction of sp³-hybridized carbons (Fsp3) is 0.167. The summed E-state index contributed by atoms with van der Waals surface area (Å²) >= 11 is 5.82. The van der Waals surface area contributed by atoms with Gasteiger partial charge in [0.1, 0.15) is 0 Å². The molecule has 0 fully saturated rings. The number of hydrogen-bond acceptors (Lipinski definition) is 5. The molecular formula is C12H13ClN4O2S. The standard InChI is InChI=1S/C12H13ClN4O2S/c1-8-7-17(12(14)16-8)15-6-9-3-4-10(13)5-11(9)20(2,18)19/h3-7H,1-2H3,(H2,14,16). The summed E-state index contributed by atoms with van der Waals surface area (Å²) in [6, 6.07) is 4.57. The van der Waals surface area contributed by atoms with Crippen molar-refractivity contribution >= 4 is 33.6 Å². The number of hydrogen-bond donors (Lipinski definition) is 1. The van der Waals surface area contributed by atoms with Gasteiger partial charge in [-0.2, -0.15) is 5.10 Å². The predicted molar refractivity (Wildman–Crippen MR) is 78.9 cm³/mol. The molecule has 0 saturated heterocycles. The summed E-state index contributed by atoms with van der Waals surface area (Å²) in [6.45, 7) is 1.78. The van der Waals surface area contributed by atoms with Gasteiger partial charge in [-0.1, -0.05) is 17.7 Å². The minimum absolute atomic E-state index is 0.115. The maximum Gasteiger partial charge on any atom is 0.221 e. The first-order chi connectivity index (χ1) is 9.27. The Kier molecular flexibility index (Phi) is 3.82. The number of imidazole rings is 1. The molecule has 0 atom stereocenters. The lowest BCUT2D eigenvalue weighted by Gasteiger charge is -2.04. The van der Waals surface area contributed by atoms with E-state index < -0.39 is 9.84 Å². The van der Waals surface area contributed by atoms with E-state index in [2.05, 4.69) is 10.1 Å². The van der Waals surface area contributed by atoms with E-state index in [1.807, 2.05) is 0 Å². The van der Waals surface area contributed by atoms with E-state index in [-0.39, 0.29) is 10.8 Å². The van der Waals surface area contributed by atoms with E-state index in [4.69, 9.17) is 17.3 Å². The first-order valence-corrected chi connectivity index (χ1v) is 7.90. The van der Waals surface area contributed by atoms with Crippen LogP contribution < -0.4 is 5.73 Å². The van der Waals surface area contributed by atoms with Gasteiger partial charge in [0.2, 0.25) is 5.95 Å². The molecule has 2 rings (SSSR count). The number of nitrogens with zero attached hydrogens (tertiary/aromatic N) is 3. The van der Waals surface area contributed by atoms with Crippen LogP contribution in [0, 0.1) is 6.92 Å². The Hall–Kier alpha value is -1.86. The second-order valence-electron chi connectivity index (χ2n) is 4.28. The quantitative estimate of drug-likeness (QED) is 0.874. The van der Waals surface area contributed by atoms with Crippen LogP contribution in [0.5, 0.6) is 0 Å². The highest BCUT2D eigenvalue weighted by atomic mass is 35.5. The van der Waals surface area contributed by atoms with Crippen molar-refractivity contribution in [1.82, 2.24) is 9.66 Å². The van der Waals surface area contributed by atoms with Crippen LogP contribution in [0.25, 0.3) is 0 Å². The summed E-state index contributed by atoms with van der Waals surface area (Å²) in [7, 11) is -3.40. The molecule has 1 aromatic heterocycles.